The minimum Gasteiger partial charge on any atom is -0.491 e. The van der Waals surface area contributed by atoms with Crippen molar-refractivity contribution >= 4 is 35.6 Å². The Hall–Kier alpha value is -1.80. The molecule has 0 spiro atoms. The maximum Gasteiger partial charge on any atom is 0.193 e. The fraction of sp³-hybridized carbons (Fsp3) is 0.350. The van der Waals surface area contributed by atoms with Crippen molar-refractivity contribution in [2.75, 3.05) is 18.5 Å². The van der Waals surface area contributed by atoms with Crippen LogP contribution in [0.4, 0.5) is 5.69 Å². The Kier molecular flexibility index (Phi) is 7.71. The highest BCUT2D eigenvalue weighted by molar-refractivity contribution is 14.0. The van der Waals surface area contributed by atoms with E-state index in [-0.39, 0.29) is 37.1 Å². The Morgan fingerprint density at radius 3 is 2.85 bits per heavy atom. The molecule has 26 heavy (non-hydrogen) atoms. The first-order valence-electron chi connectivity index (χ1n) is 8.66. The molecule has 0 heterocycles. The van der Waals surface area contributed by atoms with Crippen LogP contribution in [0.3, 0.4) is 0 Å². The molecule has 1 aliphatic carbocycles. The third kappa shape index (κ3) is 5.88. The molecule has 0 saturated heterocycles. The van der Waals surface area contributed by atoms with Crippen molar-refractivity contribution in [2.45, 2.75) is 32.3 Å². The van der Waals surface area contributed by atoms with Gasteiger partial charge in [-0.2, -0.15) is 0 Å². The number of aliphatic hydroxyl groups is 1. The van der Waals surface area contributed by atoms with Gasteiger partial charge in [-0.1, -0.05) is 18.2 Å². The number of nitrogens with one attached hydrogen (secondary N) is 1. The van der Waals surface area contributed by atoms with Gasteiger partial charge in [0.15, 0.2) is 5.96 Å². The molecule has 6 heteroatoms. The average molecular weight is 467 g/mol. The fourth-order valence-corrected chi connectivity index (χ4v) is 2.99. The number of aliphatic imine (C=N–C) groups is 1. The van der Waals surface area contributed by atoms with E-state index in [2.05, 4.69) is 22.4 Å². The highest BCUT2D eigenvalue weighted by Crippen LogP contribution is 2.24. The van der Waals surface area contributed by atoms with Crippen LogP contribution in [0.1, 0.15) is 23.1 Å². The number of nitrogens with two attached hydrogens (primary N) is 1. The Bertz CT molecular complexity index is 764. The number of anilines is 1. The summed E-state index contributed by atoms with van der Waals surface area (Å²) in [6, 6.07) is 14.0. The van der Waals surface area contributed by atoms with Crippen LogP contribution in [-0.2, 0) is 12.8 Å². The van der Waals surface area contributed by atoms with Crippen molar-refractivity contribution in [1.82, 2.24) is 0 Å². The van der Waals surface area contributed by atoms with Crippen molar-refractivity contribution in [3.05, 3.63) is 59.2 Å². The van der Waals surface area contributed by atoms with Crippen LogP contribution in [0, 0.1) is 6.92 Å². The number of benzene rings is 2. The Balaban J connectivity index is 0.00000243. The zero-order valence-corrected chi connectivity index (χ0v) is 17.3. The molecule has 5 nitrogen and oxygen atoms in total. The molecule has 0 fully saturated rings. The molecule has 0 bridgehead atoms. The van der Waals surface area contributed by atoms with Crippen molar-refractivity contribution in [3.8, 4) is 5.75 Å². The summed E-state index contributed by atoms with van der Waals surface area (Å²) in [5.74, 6) is 1.04. The van der Waals surface area contributed by atoms with E-state index in [1.807, 2.05) is 37.3 Å². The number of rotatable bonds is 6. The maximum absolute atomic E-state index is 10.0. The van der Waals surface area contributed by atoms with Crippen molar-refractivity contribution < 1.29 is 9.84 Å². The number of halogens is 1. The average Bonchev–Trinajstić information content (AvgIpc) is 3.06. The minimum atomic E-state index is -0.708. The van der Waals surface area contributed by atoms with Gasteiger partial charge in [-0.3, -0.25) is 4.99 Å². The smallest absolute Gasteiger partial charge is 0.193 e. The van der Waals surface area contributed by atoms with Crippen molar-refractivity contribution in [2.24, 2.45) is 10.7 Å². The molecule has 140 valence electrons. The second kappa shape index (κ2) is 9.78. The van der Waals surface area contributed by atoms with E-state index in [1.54, 1.807) is 0 Å². The van der Waals surface area contributed by atoms with Crippen LogP contribution < -0.4 is 15.8 Å². The fourth-order valence-electron chi connectivity index (χ4n) is 2.99. The van der Waals surface area contributed by atoms with Gasteiger partial charge in [-0.25, -0.2) is 0 Å². The molecule has 0 aromatic heterocycles. The molecule has 1 unspecified atom stereocenters. The highest BCUT2D eigenvalue weighted by Gasteiger charge is 2.11. The number of fused-ring (bicyclic) bond motifs is 1. The normalized spacial score (nSPS) is 14.3. The van der Waals surface area contributed by atoms with Crippen LogP contribution in [0.5, 0.6) is 5.75 Å². The van der Waals surface area contributed by atoms with Gasteiger partial charge < -0.3 is 20.9 Å². The Morgan fingerprint density at radius 2 is 2.04 bits per heavy atom. The van der Waals surface area contributed by atoms with Gasteiger partial charge in [-0.05, 0) is 67.1 Å². The summed E-state index contributed by atoms with van der Waals surface area (Å²) in [7, 11) is 0. The van der Waals surface area contributed by atoms with Crippen molar-refractivity contribution in [1.29, 1.82) is 0 Å². The van der Waals surface area contributed by atoms with Crippen LogP contribution in [0.15, 0.2) is 47.5 Å². The van der Waals surface area contributed by atoms with Gasteiger partial charge in [0.25, 0.3) is 0 Å². The molecule has 0 amide bonds. The summed E-state index contributed by atoms with van der Waals surface area (Å²) in [4.78, 5) is 4.20. The molecule has 4 N–H and O–H groups in total. The Morgan fingerprint density at radius 1 is 1.23 bits per heavy atom. The van der Waals surface area contributed by atoms with Gasteiger partial charge in [0.1, 0.15) is 18.5 Å². The number of ether oxygens (including phenoxy) is 1. The van der Waals surface area contributed by atoms with E-state index in [9.17, 15) is 5.11 Å². The minimum absolute atomic E-state index is 0. The standard InChI is InChI=1S/C20H25N3O2.HI/c1-14-4-2-7-19(10-14)25-13-18(24)12-22-20(21)23-17-9-8-15-5-3-6-16(15)11-17;/h2,4,7-11,18,24H,3,5-6,12-13H2,1H3,(H3,21,22,23);1H. The first kappa shape index (κ1) is 20.5. The number of aliphatic hydroxyl groups excluding tert-OH is 1. The SMILES string of the molecule is Cc1cccc(OCC(O)CN=C(N)Nc2ccc3c(c2)CCC3)c1.I. The second-order valence-corrected chi connectivity index (χ2v) is 6.47. The summed E-state index contributed by atoms with van der Waals surface area (Å²) < 4.78 is 5.57. The number of guanidine groups is 1. The lowest BCUT2D eigenvalue weighted by Crippen LogP contribution is -2.27. The number of aryl methyl sites for hydroxylation is 3. The van der Waals surface area contributed by atoms with E-state index in [0.29, 0.717) is 5.96 Å². The van der Waals surface area contributed by atoms with Gasteiger partial charge in [0, 0.05) is 5.69 Å². The molecule has 2 aromatic carbocycles. The molecular formula is C20H26IN3O2. The van der Waals surface area contributed by atoms with E-state index >= 15 is 0 Å². The van der Waals surface area contributed by atoms with Gasteiger partial charge in [0.05, 0.1) is 6.54 Å². The monoisotopic (exact) mass is 467 g/mol. The van der Waals surface area contributed by atoms with E-state index in [4.69, 9.17) is 10.5 Å². The topological polar surface area (TPSA) is 79.9 Å². The first-order valence-corrected chi connectivity index (χ1v) is 8.66. The summed E-state index contributed by atoms with van der Waals surface area (Å²) in [5.41, 5.74) is 10.8. The Labute approximate surface area is 171 Å². The van der Waals surface area contributed by atoms with E-state index < -0.39 is 6.10 Å². The zero-order valence-electron chi connectivity index (χ0n) is 14.9. The molecule has 1 atom stereocenters. The van der Waals surface area contributed by atoms with E-state index in [1.165, 1.54) is 17.5 Å². The van der Waals surface area contributed by atoms with Gasteiger partial charge >= 0.3 is 0 Å². The van der Waals surface area contributed by atoms with Crippen LogP contribution >= 0.6 is 24.0 Å². The van der Waals surface area contributed by atoms with E-state index in [0.717, 1.165) is 29.8 Å². The zero-order chi connectivity index (χ0) is 17.6. The van der Waals surface area contributed by atoms with Gasteiger partial charge in [0.2, 0.25) is 0 Å². The lowest BCUT2D eigenvalue weighted by Gasteiger charge is -2.12. The molecule has 3 rings (SSSR count). The molecular weight excluding hydrogens is 441 g/mol. The number of hydrogen-bond donors (Lipinski definition) is 3. The predicted molar refractivity (Wildman–Crippen MR) is 117 cm³/mol. The lowest BCUT2D eigenvalue weighted by molar-refractivity contribution is 0.114. The highest BCUT2D eigenvalue weighted by atomic mass is 127. The largest absolute Gasteiger partial charge is 0.491 e. The second-order valence-electron chi connectivity index (χ2n) is 6.47. The number of hydrogen-bond acceptors (Lipinski definition) is 3. The summed E-state index contributed by atoms with van der Waals surface area (Å²) in [5, 5.41) is 13.1. The molecule has 0 aliphatic heterocycles. The lowest BCUT2D eigenvalue weighted by atomic mass is 10.1. The summed E-state index contributed by atoms with van der Waals surface area (Å²) in [6.07, 6.45) is 2.79. The van der Waals surface area contributed by atoms with Crippen LogP contribution in [-0.4, -0.2) is 30.3 Å². The summed E-state index contributed by atoms with van der Waals surface area (Å²) >= 11 is 0. The molecule has 0 radical (unpaired) electrons. The summed E-state index contributed by atoms with van der Waals surface area (Å²) in [6.45, 7) is 2.37. The first-order chi connectivity index (χ1) is 12.1. The maximum atomic E-state index is 10.0. The predicted octanol–water partition coefficient (Wildman–Crippen LogP) is 3.27. The third-order valence-corrected chi connectivity index (χ3v) is 4.28. The third-order valence-electron chi connectivity index (χ3n) is 4.28. The molecule has 0 saturated carbocycles. The quantitative estimate of drug-likeness (QED) is 0.346. The molecule has 1 aliphatic rings. The van der Waals surface area contributed by atoms with Crippen molar-refractivity contribution in [3.63, 3.8) is 0 Å². The molecule has 2 aromatic rings. The van der Waals surface area contributed by atoms with Crippen LogP contribution in [0.2, 0.25) is 0 Å². The van der Waals surface area contributed by atoms with Gasteiger partial charge in [-0.15, -0.1) is 24.0 Å². The number of nitrogens with zero attached hydrogens (tertiary/aromatic N) is 1. The van der Waals surface area contributed by atoms with Crippen LogP contribution in [0.25, 0.3) is 0 Å².